The van der Waals surface area contributed by atoms with Gasteiger partial charge in [-0.3, -0.25) is 0 Å². The highest BCUT2D eigenvalue weighted by atomic mass is 35.5. The van der Waals surface area contributed by atoms with Crippen molar-refractivity contribution in [3.05, 3.63) is 22.8 Å². The van der Waals surface area contributed by atoms with Crippen LogP contribution in [0.15, 0.2) is 17.3 Å². The van der Waals surface area contributed by atoms with Gasteiger partial charge in [-0.2, -0.15) is 0 Å². The first-order valence-electron chi connectivity index (χ1n) is 5.80. The van der Waals surface area contributed by atoms with Crippen LogP contribution in [0.2, 0.25) is 5.02 Å². The molecule has 0 amide bonds. The van der Waals surface area contributed by atoms with Gasteiger partial charge in [0, 0.05) is 5.75 Å². The van der Waals surface area contributed by atoms with E-state index in [9.17, 15) is 0 Å². The molecular weight excluding hydrogens is 286 g/mol. The van der Waals surface area contributed by atoms with E-state index in [1.807, 2.05) is 4.68 Å². The highest BCUT2D eigenvalue weighted by Crippen LogP contribution is 2.37. The lowest BCUT2D eigenvalue weighted by Gasteiger charge is -2.06. The highest BCUT2D eigenvalue weighted by Gasteiger charge is 2.27. The monoisotopic (exact) mass is 297 g/mol. The Kier molecular flexibility index (Phi) is 3.54. The van der Waals surface area contributed by atoms with Crippen LogP contribution < -0.4 is 11.3 Å². The Labute approximate surface area is 118 Å². The number of hydrazine groups is 1. The van der Waals surface area contributed by atoms with Gasteiger partial charge in [0.05, 0.1) is 16.8 Å². The Hall–Kier alpha value is -1.38. The number of hydrogen-bond donors (Lipinski definition) is 2. The molecule has 0 saturated heterocycles. The van der Waals surface area contributed by atoms with E-state index >= 15 is 0 Å². The standard InChI is InChI=1S/C10H12ClN7S/c11-7-3-4-9(14-12)13-8(7)5-19-10-15-16-17-18(10)6-1-2-6/h3-4,6H,1-2,5,12H2,(H,13,14). The summed E-state index contributed by atoms with van der Waals surface area (Å²) in [5.74, 6) is 6.52. The second-order valence-electron chi connectivity index (χ2n) is 4.20. The molecule has 2 aromatic heterocycles. The lowest BCUT2D eigenvalue weighted by molar-refractivity contribution is 0.565. The van der Waals surface area contributed by atoms with E-state index in [1.54, 1.807) is 12.1 Å². The van der Waals surface area contributed by atoms with Gasteiger partial charge in [0.25, 0.3) is 0 Å². The molecule has 1 saturated carbocycles. The zero-order chi connectivity index (χ0) is 13.2. The fourth-order valence-corrected chi connectivity index (χ4v) is 2.78. The number of aromatic nitrogens is 5. The van der Waals surface area contributed by atoms with Crippen molar-refractivity contribution in [2.75, 3.05) is 5.43 Å². The number of nitrogen functional groups attached to an aromatic ring is 1. The lowest BCUT2D eigenvalue weighted by atomic mass is 10.4. The molecule has 1 fully saturated rings. The molecule has 0 spiro atoms. The van der Waals surface area contributed by atoms with Gasteiger partial charge in [0.15, 0.2) is 0 Å². The molecule has 1 aliphatic rings. The summed E-state index contributed by atoms with van der Waals surface area (Å²) in [6, 6.07) is 3.95. The zero-order valence-electron chi connectivity index (χ0n) is 9.95. The number of halogens is 1. The second kappa shape index (κ2) is 5.32. The summed E-state index contributed by atoms with van der Waals surface area (Å²) in [4.78, 5) is 4.31. The van der Waals surface area contributed by atoms with Crippen LogP contribution in [0.25, 0.3) is 0 Å². The molecule has 19 heavy (non-hydrogen) atoms. The average Bonchev–Trinajstić information content (AvgIpc) is 3.17. The van der Waals surface area contributed by atoms with Crippen molar-refractivity contribution in [2.45, 2.75) is 29.8 Å². The maximum Gasteiger partial charge on any atom is 0.209 e. The maximum atomic E-state index is 6.11. The van der Waals surface area contributed by atoms with Crippen LogP contribution in [0.4, 0.5) is 5.82 Å². The predicted molar refractivity (Wildman–Crippen MR) is 72.7 cm³/mol. The Balaban J connectivity index is 1.73. The van der Waals surface area contributed by atoms with E-state index < -0.39 is 0 Å². The number of tetrazole rings is 1. The molecule has 0 radical (unpaired) electrons. The van der Waals surface area contributed by atoms with Crippen molar-refractivity contribution >= 4 is 29.2 Å². The summed E-state index contributed by atoms with van der Waals surface area (Å²) in [6.07, 6.45) is 2.29. The minimum atomic E-state index is 0.456. The number of rotatable bonds is 5. The van der Waals surface area contributed by atoms with Gasteiger partial charge in [-0.1, -0.05) is 23.4 Å². The summed E-state index contributed by atoms with van der Waals surface area (Å²) in [5, 5.41) is 13.1. The normalized spacial score (nSPS) is 14.6. The molecule has 3 N–H and O–H groups in total. The minimum Gasteiger partial charge on any atom is -0.308 e. The van der Waals surface area contributed by atoms with E-state index in [2.05, 4.69) is 25.9 Å². The third-order valence-electron chi connectivity index (χ3n) is 2.76. The molecule has 0 unspecified atom stereocenters. The van der Waals surface area contributed by atoms with Crippen LogP contribution in [0, 0.1) is 0 Å². The molecule has 3 rings (SSSR count). The predicted octanol–water partition coefficient (Wildman–Crippen LogP) is 1.63. The Morgan fingerprint density at radius 2 is 2.32 bits per heavy atom. The molecule has 0 aliphatic heterocycles. The number of nitrogens with two attached hydrogens (primary N) is 1. The van der Waals surface area contributed by atoms with Gasteiger partial charge >= 0.3 is 0 Å². The average molecular weight is 298 g/mol. The summed E-state index contributed by atoms with van der Waals surface area (Å²) < 4.78 is 1.86. The van der Waals surface area contributed by atoms with Crippen molar-refractivity contribution in [3.8, 4) is 0 Å². The Morgan fingerprint density at radius 3 is 3.05 bits per heavy atom. The van der Waals surface area contributed by atoms with Crippen molar-refractivity contribution in [1.82, 2.24) is 25.2 Å². The van der Waals surface area contributed by atoms with E-state index in [0.717, 1.165) is 23.7 Å². The fourth-order valence-electron chi connectivity index (χ4n) is 1.63. The van der Waals surface area contributed by atoms with Crippen molar-refractivity contribution < 1.29 is 0 Å². The molecule has 2 heterocycles. The quantitative estimate of drug-likeness (QED) is 0.492. The van der Waals surface area contributed by atoms with E-state index in [0.29, 0.717) is 22.6 Å². The van der Waals surface area contributed by atoms with Gasteiger partial charge in [0.2, 0.25) is 5.16 Å². The highest BCUT2D eigenvalue weighted by molar-refractivity contribution is 7.98. The minimum absolute atomic E-state index is 0.456. The molecule has 2 aromatic rings. The first kappa shape index (κ1) is 12.6. The van der Waals surface area contributed by atoms with Crippen LogP contribution >= 0.6 is 23.4 Å². The fraction of sp³-hybridized carbons (Fsp3) is 0.400. The van der Waals surface area contributed by atoms with E-state index in [-0.39, 0.29) is 0 Å². The Bertz CT molecular complexity index is 583. The maximum absolute atomic E-state index is 6.11. The molecule has 0 bridgehead atoms. The van der Waals surface area contributed by atoms with Crippen LogP contribution in [0.5, 0.6) is 0 Å². The molecule has 9 heteroatoms. The summed E-state index contributed by atoms with van der Waals surface area (Å²) >= 11 is 7.62. The number of thioether (sulfide) groups is 1. The van der Waals surface area contributed by atoms with Gasteiger partial charge < -0.3 is 5.43 Å². The van der Waals surface area contributed by atoms with Gasteiger partial charge in [-0.15, -0.1) is 5.10 Å². The van der Waals surface area contributed by atoms with Crippen LogP contribution in [0.3, 0.4) is 0 Å². The molecule has 0 atom stereocenters. The SMILES string of the molecule is NNc1ccc(Cl)c(CSc2nnnn2C2CC2)n1. The summed E-state index contributed by atoms with van der Waals surface area (Å²) in [6.45, 7) is 0. The molecule has 1 aliphatic carbocycles. The third kappa shape index (κ3) is 2.80. The number of nitrogens with zero attached hydrogens (tertiary/aromatic N) is 5. The molecular formula is C10H12ClN7S. The lowest BCUT2D eigenvalue weighted by Crippen LogP contribution is -2.09. The summed E-state index contributed by atoms with van der Waals surface area (Å²) in [7, 11) is 0. The van der Waals surface area contributed by atoms with Gasteiger partial charge in [-0.05, 0) is 35.4 Å². The van der Waals surface area contributed by atoms with Crippen molar-refractivity contribution in [3.63, 3.8) is 0 Å². The van der Waals surface area contributed by atoms with E-state index in [1.165, 1.54) is 11.8 Å². The summed E-state index contributed by atoms with van der Waals surface area (Å²) in [5.41, 5.74) is 3.26. The first-order valence-corrected chi connectivity index (χ1v) is 7.17. The number of hydrogen-bond acceptors (Lipinski definition) is 7. The van der Waals surface area contributed by atoms with Crippen molar-refractivity contribution in [1.29, 1.82) is 0 Å². The molecule has 100 valence electrons. The van der Waals surface area contributed by atoms with Crippen LogP contribution in [0.1, 0.15) is 24.6 Å². The van der Waals surface area contributed by atoms with Gasteiger partial charge in [0.1, 0.15) is 5.82 Å². The largest absolute Gasteiger partial charge is 0.308 e. The third-order valence-corrected chi connectivity index (χ3v) is 4.05. The zero-order valence-corrected chi connectivity index (χ0v) is 11.5. The molecule has 7 nitrogen and oxygen atoms in total. The number of nitrogens with one attached hydrogen (secondary N) is 1. The first-order chi connectivity index (χ1) is 9.28. The van der Waals surface area contributed by atoms with E-state index in [4.69, 9.17) is 17.4 Å². The number of anilines is 1. The molecule has 0 aromatic carbocycles. The van der Waals surface area contributed by atoms with Crippen LogP contribution in [-0.4, -0.2) is 25.2 Å². The van der Waals surface area contributed by atoms with Crippen LogP contribution in [-0.2, 0) is 5.75 Å². The topological polar surface area (TPSA) is 94.5 Å². The Morgan fingerprint density at radius 1 is 1.47 bits per heavy atom. The number of pyridine rings is 1. The van der Waals surface area contributed by atoms with Crippen molar-refractivity contribution in [2.24, 2.45) is 5.84 Å². The smallest absolute Gasteiger partial charge is 0.209 e. The van der Waals surface area contributed by atoms with Gasteiger partial charge in [-0.25, -0.2) is 15.5 Å². The second-order valence-corrected chi connectivity index (χ2v) is 5.54.